The summed E-state index contributed by atoms with van der Waals surface area (Å²) in [5.41, 5.74) is 1.85. The van der Waals surface area contributed by atoms with E-state index in [1.165, 1.54) is 5.56 Å². The Morgan fingerprint density at radius 1 is 1.08 bits per heavy atom. The molecule has 1 fully saturated rings. The number of para-hydroxylation sites is 1. The second-order valence-corrected chi connectivity index (χ2v) is 6.54. The van der Waals surface area contributed by atoms with Crippen molar-refractivity contribution in [3.8, 4) is 5.75 Å². The van der Waals surface area contributed by atoms with Crippen LogP contribution in [0.25, 0.3) is 11.0 Å². The van der Waals surface area contributed by atoms with E-state index in [4.69, 9.17) is 9.47 Å². The number of anilines is 1. The summed E-state index contributed by atoms with van der Waals surface area (Å²) in [4.78, 5) is 13.0. The van der Waals surface area contributed by atoms with Gasteiger partial charge < -0.3 is 14.8 Å². The van der Waals surface area contributed by atoms with Gasteiger partial charge in [-0.05, 0) is 31.0 Å². The van der Waals surface area contributed by atoms with E-state index in [1.54, 1.807) is 19.6 Å². The highest BCUT2D eigenvalue weighted by atomic mass is 16.5. The van der Waals surface area contributed by atoms with Gasteiger partial charge in [-0.2, -0.15) is 0 Å². The average Bonchev–Trinajstić information content (AvgIpc) is 2.73. The third kappa shape index (κ3) is 3.08. The van der Waals surface area contributed by atoms with Crippen molar-refractivity contribution >= 4 is 16.9 Å². The monoisotopic (exact) mass is 350 g/mol. The Morgan fingerprint density at radius 3 is 2.77 bits per heavy atom. The van der Waals surface area contributed by atoms with Crippen molar-refractivity contribution in [1.29, 1.82) is 0 Å². The number of aromatic nitrogens is 3. The number of benzene rings is 1. The quantitative estimate of drug-likeness (QED) is 0.762. The van der Waals surface area contributed by atoms with Crippen molar-refractivity contribution in [1.82, 2.24) is 15.0 Å². The van der Waals surface area contributed by atoms with Crippen LogP contribution in [-0.4, -0.2) is 41.8 Å². The standard InChI is InChI=1S/C20H22N4O2/c1-25-17-7-3-2-6-16(17)20(8-11-26-12-9-20)13-22-19-15-5-4-10-21-18(15)23-14-24-19/h2-7,10,14H,8-9,11-13H2,1H3,(H,21,22,23,24). The molecule has 0 bridgehead atoms. The van der Waals surface area contributed by atoms with E-state index in [0.717, 1.165) is 49.6 Å². The van der Waals surface area contributed by atoms with Crippen molar-refractivity contribution in [2.24, 2.45) is 0 Å². The first-order valence-corrected chi connectivity index (χ1v) is 8.83. The lowest BCUT2D eigenvalue weighted by Gasteiger charge is -2.38. The van der Waals surface area contributed by atoms with Crippen LogP contribution in [0, 0.1) is 0 Å². The molecule has 2 aromatic heterocycles. The van der Waals surface area contributed by atoms with E-state index in [9.17, 15) is 0 Å². The minimum absolute atomic E-state index is 0.0651. The van der Waals surface area contributed by atoms with Crippen LogP contribution in [-0.2, 0) is 10.2 Å². The fourth-order valence-corrected chi connectivity index (χ4v) is 3.68. The second-order valence-electron chi connectivity index (χ2n) is 6.54. The van der Waals surface area contributed by atoms with Gasteiger partial charge in [0.15, 0.2) is 5.65 Å². The Hall–Kier alpha value is -2.73. The number of methoxy groups -OCH3 is 1. The zero-order chi connectivity index (χ0) is 17.8. The molecule has 1 aliphatic rings. The summed E-state index contributed by atoms with van der Waals surface area (Å²) < 4.78 is 11.3. The van der Waals surface area contributed by atoms with Crippen molar-refractivity contribution in [2.75, 3.05) is 32.2 Å². The van der Waals surface area contributed by atoms with E-state index >= 15 is 0 Å². The van der Waals surface area contributed by atoms with Gasteiger partial charge >= 0.3 is 0 Å². The van der Waals surface area contributed by atoms with Gasteiger partial charge in [0.1, 0.15) is 17.9 Å². The van der Waals surface area contributed by atoms with Gasteiger partial charge in [0.2, 0.25) is 0 Å². The second kappa shape index (κ2) is 7.25. The average molecular weight is 350 g/mol. The molecule has 0 aliphatic carbocycles. The maximum absolute atomic E-state index is 5.64. The molecule has 0 radical (unpaired) electrons. The van der Waals surface area contributed by atoms with Gasteiger partial charge in [-0.3, -0.25) is 0 Å². The third-order valence-corrected chi connectivity index (χ3v) is 5.13. The van der Waals surface area contributed by atoms with Gasteiger partial charge in [-0.25, -0.2) is 15.0 Å². The predicted molar refractivity (Wildman–Crippen MR) is 101 cm³/mol. The maximum atomic E-state index is 5.64. The molecule has 26 heavy (non-hydrogen) atoms. The highest BCUT2D eigenvalue weighted by Gasteiger charge is 2.36. The molecule has 3 heterocycles. The Labute approximate surface area is 152 Å². The maximum Gasteiger partial charge on any atom is 0.164 e. The highest BCUT2D eigenvalue weighted by molar-refractivity contribution is 5.85. The number of fused-ring (bicyclic) bond motifs is 1. The lowest BCUT2D eigenvalue weighted by Crippen LogP contribution is -2.40. The number of ether oxygens (including phenoxy) is 2. The molecule has 1 aliphatic heterocycles. The Morgan fingerprint density at radius 2 is 1.92 bits per heavy atom. The number of rotatable bonds is 5. The smallest absolute Gasteiger partial charge is 0.164 e. The molecular formula is C20H22N4O2. The normalized spacial score (nSPS) is 16.3. The number of nitrogens with one attached hydrogen (secondary N) is 1. The number of pyridine rings is 1. The van der Waals surface area contributed by atoms with Crippen LogP contribution >= 0.6 is 0 Å². The first kappa shape index (κ1) is 16.7. The van der Waals surface area contributed by atoms with Gasteiger partial charge in [-0.15, -0.1) is 0 Å². The van der Waals surface area contributed by atoms with Crippen LogP contribution in [0.1, 0.15) is 18.4 Å². The first-order chi connectivity index (χ1) is 12.8. The molecule has 1 saturated heterocycles. The van der Waals surface area contributed by atoms with Crippen LogP contribution < -0.4 is 10.1 Å². The summed E-state index contributed by atoms with van der Waals surface area (Å²) in [6.45, 7) is 2.23. The van der Waals surface area contributed by atoms with Crippen molar-refractivity contribution in [3.63, 3.8) is 0 Å². The fourth-order valence-electron chi connectivity index (χ4n) is 3.68. The Bertz CT molecular complexity index is 888. The molecule has 134 valence electrons. The van der Waals surface area contributed by atoms with Crippen LogP contribution in [0.2, 0.25) is 0 Å². The minimum atomic E-state index is -0.0651. The molecule has 1 N–H and O–H groups in total. The molecule has 0 atom stereocenters. The SMILES string of the molecule is COc1ccccc1C1(CNc2ncnc3ncccc23)CCOCC1. The number of hydrogen-bond donors (Lipinski definition) is 1. The molecular weight excluding hydrogens is 328 g/mol. The van der Waals surface area contributed by atoms with Gasteiger partial charge in [0.05, 0.1) is 12.5 Å². The topological polar surface area (TPSA) is 69.2 Å². The fraction of sp³-hybridized carbons (Fsp3) is 0.350. The minimum Gasteiger partial charge on any atom is -0.496 e. The first-order valence-electron chi connectivity index (χ1n) is 8.83. The molecule has 0 unspecified atom stereocenters. The highest BCUT2D eigenvalue weighted by Crippen LogP contribution is 2.40. The molecule has 3 aromatic rings. The summed E-state index contributed by atoms with van der Waals surface area (Å²) in [5.74, 6) is 1.73. The van der Waals surface area contributed by atoms with E-state index in [0.29, 0.717) is 5.65 Å². The van der Waals surface area contributed by atoms with Gasteiger partial charge in [-0.1, -0.05) is 18.2 Å². The number of hydrogen-bond acceptors (Lipinski definition) is 6. The summed E-state index contributed by atoms with van der Waals surface area (Å²) in [5, 5.41) is 4.47. The van der Waals surface area contributed by atoms with E-state index in [1.807, 2.05) is 24.3 Å². The zero-order valence-corrected chi connectivity index (χ0v) is 14.8. The van der Waals surface area contributed by atoms with E-state index in [2.05, 4.69) is 32.4 Å². The number of nitrogens with zero attached hydrogens (tertiary/aromatic N) is 3. The lowest BCUT2D eigenvalue weighted by atomic mass is 9.73. The molecule has 1 aromatic carbocycles. The largest absolute Gasteiger partial charge is 0.496 e. The molecule has 6 nitrogen and oxygen atoms in total. The summed E-state index contributed by atoms with van der Waals surface area (Å²) in [6, 6.07) is 12.2. The molecule has 0 saturated carbocycles. The van der Waals surface area contributed by atoms with Crippen molar-refractivity contribution in [3.05, 3.63) is 54.5 Å². The van der Waals surface area contributed by atoms with Gasteiger partial charge in [0, 0.05) is 36.9 Å². The molecule has 0 spiro atoms. The zero-order valence-electron chi connectivity index (χ0n) is 14.8. The third-order valence-electron chi connectivity index (χ3n) is 5.13. The predicted octanol–water partition coefficient (Wildman–Crippen LogP) is 3.19. The summed E-state index contributed by atoms with van der Waals surface area (Å²) in [6.07, 6.45) is 5.16. The summed E-state index contributed by atoms with van der Waals surface area (Å²) >= 11 is 0. The van der Waals surface area contributed by atoms with Crippen LogP contribution in [0.4, 0.5) is 5.82 Å². The Kier molecular flexibility index (Phi) is 4.67. The molecule has 0 amide bonds. The van der Waals surface area contributed by atoms with Crippen molar-refractivity contribution in [2.45, 2.75) is 18.3 Å². The molecule has 6 heteroatoms. The van der Waals surface area contributed by atoms with Gasteiger partial charge in [0.25, 0.3) is 0 Å². The van der Waals surface area contributed by atoms with E-state index in [-0.39, 0.29) is 5.41 Å². The van der Waals surface area contributed by atoms with E-state index < -0.39 is 0 Å². The molecule has 4 rings (SSSR count). The summed E-state index contributed by atoms with van der Waals surface area (Å²) in [7, 11) is 1.73. The van der Waals surface area contributed by atoms with Crippen LogP contribution in [0.15, 0.2) is 48.9 Å². The van der Waals surface area contributed by atoms with Crippen molar-refractivity contribution < 1.29 is 9.47 Å². The van der Waals surface area contributed by atoms with Crippen LogP contribution in [0.5, 0.6) is 5.75 Å². The lowest BCUT2D eigenvalue weighted by molar-refractivity contribution is 0.0535. The van der Waals surface area contributed by atoms with Crippen LogP contribution in [0.3, 0.4) is 0 Å². The Balaban J connectivity index is 1.68.